The van der Waals surface area contributed by atoms with Crippen molar-refractivity contribution in [3.63, 3.8) is 0 Å². The number of hydrogen-bond acceptors (Lipinski definition) is 0. The third-order valence-electron chi connectivity index (χ3n) is 8.80. The van der Waals surface area contributed by atoms with Crippen molar-refractivity contribution < 1.29 is 0 Å². The van der Waals surface area contributed by atoms with E-state index in [2.05, 4.69) is 39.5 Å². The average molecular weight is 299 g/mol. The molecule has 0 bridgehead atoms. The largest absolute Gasteiger partial charge is 0.0988 e. The van der Waals surface area contributed by atoms with Gasteiger partial charge < -0.3 is 0 Å². The summed E-state index contributed by atoms with van der Waals surface area (Å²) in [4.78, 5) is 0. The molecule has 7 atom stereocenters. The van der Waals surface area contributed by atoms with Gasteiger partial charge in [-0.2, -0.15) is 0 Å². The molecule has 1 unspecified atom stereocenters. The van der Waals surface area contributed by atoms with Gasteiger partial charge in [0.1, 0.15) is 0 Å². The monoisotopic (exact) mass is 298 g/mol. The molecule has 0 aromatic carbocycles. The molecule has 0 radical (unpaired) electrons. The van der Waals surface area contributed by atoms with E-state index in [1.54, 1.807) is 5.57 Å². The lowest BCUT2D eigenvalue weighted by Crippen LogP contribution is -2.54. The van der Waals surface area contributed by atoms with Crippen molar-refractivity contribution in [3.8, 4) is 0 Å². The molecular weight excluding hydrogens is 264 g/mol. The van der Waals surface area contributed by atoms with Crippen LogP contribution >= 0.6 is 0 Å². The van der Waals surface area contributed by atoms with Crippen molar-refractivity contribution >= 4 is 0 Å². The highest BCUT2D eigenvalue weighted by atomic mass is 14.6. The van der Waals surface area contributed by atoms with E-state index in [-0.39, 0.29) is 0 Å². The van der Waals surface area contributed by atoms with E-state index in [0.29, 0.717) is 10.8 Å². The van der Waals surface area contributed by atoms with Crippen LogP contribution < -0.4 is 0 Å². The lowest BCUT2D eigenvalue weighted by Gasteiger charge is -2.62. The van der Waals surface area contributed by atoms with Crippen LogP contribution in [0, 0.1) is 40.4 Å². The smallest absolute Gasteiger partial charge is 0.00446 e. The maximum absolute atomic E-state index is 4.11. The molecule has 122 valence electrons. The van der Waals surface area contributed by atoms with Gasteiger partial charge in [-0.15, -0.1) is 0 Å². The third-order valence-corrected chi connectivity index (χ3v) is 8.80. The molecular formula is C22H34. The van der Waals surface area contributed by atoms with Crippen LogP contribution in [0.25, 0.3) is 0 Å². The number of allylic oxidation sites excluding steroid dienone is 3. The molecule has 22 heavy (non-hydrogen) atoms. The van der Waals surface area contributed by atoms with Gasteiger partial charge in [0.05, 0.1) is 0 Å². The van der Waals surface area contributed by atoms with Crippen LogP contribution in [0.5, 0.6) is 0 Å². The van der Waals surface area contributed by atoms with Gasteiger partial charge in [-0.05, 0) is 84.5 Å². The summed E-state index contributed by atoms with van der Waals surface area (Å²) in [6, 6.07) is 0. The highest BCUT2D eigenvalue weighted by molar-refractivity contribution is 5.32. The standard InChI is InChI=1S/C22H34/c1-5-16-9-10-19-17-14-15(2)18-8-6-7-12-22(18,4)20(17)11-13-21(16,19)3/h5,9,15,17-20H,1,6-8,10-14H2,2-4H3/t15-,17-,18?,19-,20-,21+,22-/m0/s1. The van der Waals surface area contributed by atoms with Gasteiger partial charge >= 0.3 is 0 Å². The minimum absolute atomic E-state index is 0.445. The maximum Gasteiger partial charge on any atom is -0.00446 e. The Morgan fingerprint density at radius 3 is 2.68 bits per heavy atom. The molecule has 0 spiro atoms. The molecule has 0 heterocycles. The molecule has 0 nitrogen and oxygen atoms in total. The Morgan fingerprint density at radius 2 is 1.91 bits per heavy atom. The van der Waals surface area contributed by atoms with E-state index in [1.807, 2.05) is 0 Å². The zero-order chi connectivity index (χ0) is 15.5. The van der Waals surface area contributed by atoms with Gasteiger partial charge in [-0.3, -0.25) is 0 Å². The number of rotatable bonds is 1. The maximum atomic E-state index is 4.11. The Balaban J connectivity index is 1.68. The van der Waals surface area contributed by atoms with E-state index in [4.69, 9.17) is 0 Å². The summed E-state index contributed by atoms with van der Waals surface area (Å²) in [7, 11) is 0. The van der Waals surface area contributed by atoms with Gasteiger partial charge in [0.2, 0.25) is 0 Å². The Bertz CT molecular complexity index is 500. The predicted octanol–water partition coefficient (Wildman–Crippen LogP) is 6.39. The SMILES string of the molecule is C=CC1=CC[C@H]2[C@@H]3C[C@H](C)C4CCCC[C@]4(C)[C@H]3CC[C@]12C. The average Bonchev–Trinajstić information content (AvgIpc) is 2.84. The van der Waals surface area contributed by atoms with Crippen molar-refractivity contribution in [1.82, 2.24) is 0 Å². The fourth-order valence-corrected chi connectivity index (χ4v) is 7.73. The first kappa shape index (κ1) is 15.0. The van der Waals surface area contributed by atoms with Crippen LogP contribution in [0.15, 0.2) is 24.3 Å². The number of fused-ring (bicyclic) bond motifs is 5. The lowest BCUT2D eigenvalue weighted by molar-refractivity contribution is -0.121. The van der Waals surface area contributed by atoms with Crippen molar-refractivity contribution in [2.45, 2.75) is 72.1 Å². The quantitative estimate of drug-likeness (QED) is 0.526. The molecule has 4 rings (SSSR count). The van der Waals surface area contributed by atoms with E-state index >= 15 is 0 Å². The van der Waals surface area contributed by atoms with Crippen LogP contribution in [0.2, 0.25) is 0 Å². The van der Waals surface area contributed by atoms with E-state index < -0.39 is 0 Å². The van der Waals surface area contributed by atoms with E-state index in [9.17, 15) is 0 Å². The highest BCUT2D eigenvalue weighted by Crippen LogP contribution is 2.67. The van der Waals surface area contributed by atoms with Gasteiger partial charge in [-0.1, -0.05) is 52.3 Å². The van der Waals surface area contributed by atoms with Crippen LogP contribution in [0.4, 0.5) is 0 Å². The summed E-state index contributed by atoms with van der Waals surface area (Å²) >= 11 is 0. The lowest BCUT2D eigenvalue weighted by atomic mass is 9.43. The fourth-order valence-electron chi connectivity index (χ4n) is 7.73. The zero-order valence-electron chi connectivity index (χ0n) is 14.9. The molecule has 0 aliphatic heterocycles. The normalized spacial score (nSPS) is 54.0. The molecule has 0 amide bonds. The molecule has 0 aromatic rings. The number of hydrogen-bond donors (Lipinski definition) is 0. The van der Waals surface area contributed by atoms with Gasteiger partial charge in [-0.25, -0.2) is 0 Å². The minimum atomic E-state index is 0.445. The van der Waals surface area contributed by atoms with Crippen molar-refractivity contribution in [3.05, 3.63) is 24.3 Å². The van der Waals surface area contributed by atoms with Gasteiger partial charge in [0, 0.05) is 0 Å². The Labute approximate surface area is 137 Å². The Morgan fingerprint density at radius 1 is 1.09 bits per heavy atom. The third kappa shape index (κ3) is 1.82. The second-order valence-electron chi connectivity index (χ2n) is 9.50. The molecule has 0 N–H and O–H groups in total. The summed E-state index contributed by atoms with van der Waals surface area (Å²) in [6.45, 7) is 11.9. The van der Waals surface area contributed by atoms with Gasteiger partial charge in [0.15, 0.2) is 0 Å². The first-order valence-electron chi connectivity index (χ1n) is 9.84. The minimum Gasteiger partial charge on any atom is -0.0988 e. The summed E-state index contributed by atoms with van der Waals surface area (Å²) in [6.07, 6.45) is 16.4. The molecule has 3 saturated carbocycles. The van der Waals surface area contributed by atoms with Crippen molar-refractivity contribution in [2.24, 2.45) is 40.4 Å². The summed E-state index contributed by atoms with van der Waals surface area (Å²) in [5.74, 6) is 4.84. The Hall–Kier alpha value is -0.520. The van der Waals surface area contributed by atoms with E-state index in [0.717, 1.165) is 29.6 Å². The Kier molecular flexibility index (Phi) is 3.41. The topological polar surface area (TPSA) is 0 Å². The molecule has 4 aliphatic rings. The van der Waals surface area contributed by atoms with Gasteiger partial charge in [0.25, 0.3) is 0 Å². The highest BCUT2D eigenvalue weighted by Gasteiger charge is 2.58. The van der Waals surface area contributed by atoms with Crippen LogP contribution in [-0.2, 0) is 0 Å². The summed E-state index contributed by atoms with van der Waals surface area (Å²) in [5, 5.41) is 0. The second kappa shape index (κ2) is 4.99. The first-order chi connectivity index (χ1) is 10.5. The molecule has 3 fully saturated rings. The fraction of sp³-hybridized carbons (Fsp3) is 0.818. The predicted molar refractivity (Wildman–Crippen MR) is 94.6 cm³/mol. The second-order valence-corrected chi connectivity index (χ2v) is 9.50. The van der Waals surface area contributed by atoms with Crippen LogP contribution in [0.1, 0.15) is 72.1 Å². The van der Waals surface area contributed by atoms with E-state index in [1.165, 1.54) is 51.4 Å². The summed E-state index contributed by atoms with van der Waals surface area (Å²) in [5.41, 5.74) is 2.67. The van der Waals surface area contributed by atoms with Crippen molar-refractivity contribution in [1.29, 1.82) is 0 Å². The van der Waals surface area contributed by atoms with Crippen LogP contribution in [-0.4, -0.2) is 0 Å². The summed E-state index contributed by atoms with van der Waals surface area (Å²) < 4.78 is 0. The van der Waals surface area contributed by atoms with Crippen LogP contribution in [0.3, 0.4) is 0 Å². The first-order valence-corrected chi connectivity index (χ1v) is 9.84. The zero-order valence-corrected chi connectivity index (χ0v) is 14.9. The molecule has 0 aromatic heterocycles. The molecule has 0 heteroatoms. The van der Waals surface area contributed by atoms with Crippen molar-refractivity contribution in [2.75, 3.05) is 0 Å². The molecule has 4 aliphatic carbocycles. The molecule has 0 saturated heterocycles.